The molecule has 0 aromatic carbocycles. The Hall–Kier alpha value is -0.550. The van der Waals surface area contributed by atoms with E-state index in [0.29, 0.717) is 0 Å². The zero-order chi connectivity index (χ0) is 8.85. The number of carbonyl (C=O) groups excluding carboxylic acids is 2. The van der Waals surface area contributed by atoms with Gasteiger partial charge in [0.15, 0.2) is 5.12 Å². The molecule has 0 amide bonds. The molecule has 11 heavy (non-hydrogen) atoms. The van der Waals surface area contributed by atoms with Crippen LogP contribution in [-0.2, 0) is 14.3 Å². The first-order chi connectivity index (χ1) is 5.06. The molecule has 1 atom stereocenters. The van der Waals surface area contributed by atoms with E-state index >= 15 is 0 Å². The summed E-state index contributed by atoms with van der Waals surface area (Å²) in [5, 5.41) is 8.51. The molecule has 0 aliphatic heterocycles. The highest BCUT2D eigenvalue weighted by atomic mass is 32.1. The van der Waals surface area contributed by atoms with Crippen LogP contribution in [0.2, 0.25) is 0 Å². The fourth-order valence-corrected chi connectivity index (χ4v) is 0.760. The molecule has 0 aromatic heterocycles. The van der Waals surface area contributed by atoms with E-state index in [1.54, 1.807) is 0 Å². The SMILES string of the molecule is COC(=O)CC(O)CC(=O)S. The van der Waals surface area contributed by atoms with Crippen LogP contribution in [0.4, 0.5) is 0 Å². The van der Waals surface area contributed by atoms with Gasteiger partial charge in [0.25, 0.3) is 0 Å². The average Bonchev–Trinajstić information content (AvgIpc) is 1.85. The summed E-state index contributed by atoms with van der Waals surface area (Å²) in [5.74, 6) is -0.535. The first kappa shape index (κ1) is 10.4. The summed E-state index contributed by atoms with van der Waals surface area (Å²) in [6, 6.07) is 0. The lowest BCUT2D eigenvalue weighted by molar-refractivity contribution is -0.142. The van der Waals surface area contributed by atoms with E-state index in [1.807, 2.05) is 0 Å². The van der Waals surface area contributed by atoms with Crippen LogP contribution < -0.4 is 0 Å². The molecular formula is C6H10O4S. The summed E-state index contributed by atoms with van der Waals surface area (Å²) in [5.41, 5.74) is 0. The first-order valence-corrected chi connectivity index (χ1v) is 3.47. The van der Waals surface area contributed by atoms with Crippen LogP contribution in [0.15, 0.2) is 0 Å². The lowest BCUT2D eigenvalue weighted by Crippen LogP contribution is -2.16. The van der Waals surface area contributed by atoms with E-state index < -0.39 is 17.2 Å². The number of aliphatic hydroxyl groups is 1. The molecule has 0 fully saturated rings. The van der Waals surface area contributed by atoms with E-state index in [1.165, 1.54) is 7.11 Å². The van der Waals surface area contributed by atoms with Crippen LogP contribution in [0.1, 0.15) is 12.8 Å². The number of hydrogen-bond acceptors (Lipinski definition) is 4. The maximum atomic E-state index is 10.5. The van der Waals surface area contributed by atoms with Crippen molar-refractivity contribution >= 4 is 23.7 Å². The van der Waals surface area contributed by atoms with Crippen LogP contribution in [-0.4, -0.2) is 29.4 Å². The van der Waals surface area contributed by atoms with Gasteiger partial charge < -0.3 is 9.84 Å². The molecule has 0 saturated carbocycles. The monoisotopic (exact) mass is 178 g/mol. The Morgan fingerprint density at radius 1 is 1.55 bits per heavy atom. The van der Waals surface area contributed by atoms with E-state index in [-0.39, 0.29) is 12.8 Å². The highest BCUT2D eigenvalue weighted by Crippen LogP contribution is 2.01. The van der Waals surface area contributed by atoms with Gasteiger partial charge in [-0.2, -0.15) is 0 Å². The summed E-state index contributed by atoms with van der Waals surface area (Å²) in [4.78, 5) is 20.8. The summed E-state index contributed by atoms with van der Waals surface area (Å²) < 4.78 is 4.27. The second-order valence-corrected chi connectivity index (χ2v) is 2.53. The second-order valence-electron chi connectivity index (χ2n) is 2.03. The van der Waals surface area contributed by atoms with E-state index in [0.717, 1.165) is 0 Å². The largest absolute Gasteiger partial charge is 0.469 e. The Bertz CT molecular complexity index is 157. The highest BCUT2D eigenvalue weighted by Gasteiger charge is 2.12. The number of aliphatic hydroxyl groups excluding tert-OH is 1. The maximum Gasteiger partial charge on any atom is 0.308 e. The standard InChI is InChI=1S/C6H10O4S/c1-10-5(8)2-4(7)3-6(9)11/h4,7H,2-3H2,1H3,(H,9,11). The number of hydrogen-bond donors (Lipinski definition) is 2. The summed E-state index contributed by atoms with van der Waals surface area (Å²) >= 11 is 3.44. The number of carbonyl (C=O) groups is 2. The lowest BCUT2D eigenvalue weighted by atomic mass is 10.2. The number of esters is 1. The van der Waals surface area contributed by atoms with Crippen molar-refractivity contribution in [1.29, 1.82) is 0 Å². The van der Waals surface area contributed by atoms with E-state index in [9.17, 15) is 9.59 Å². The van der Waals surface area contributed by atoms with Crippen LogP contribution in [0.25, 0.3) is 0 Å². The molecule has 0 aliphatic carbocycles. The Morgan fingerprint density at radius 2 is 2.09 bits per heavy atom. The smallest absolute Gasteiger partial charge is 0.308 e. The third-order valence-electron chi connectivity index (χ3n) is 1.04. The Kier molecular flexibility index (Phi) is 4.89. The molecule has 0 aliphatic rings. The van der Waals surface area contributed by atoms with Crippen molar-refractivity contribution in [2.45, 2.75) is 18.9 Å². The van der Waals surface area contributed by atoms with Crippen LogP contribution in [0.3, 0.4) is 0 Å². The van der Waals surface area contributed by atoms with Crippen LogP contribution in [0, 0.1) is 0 Å². The van der Waals surface area contributed by atoms with Gasteiger partial charge in [-0.3, -0.25) is 9.59 Å². The Balaban J connectivity index is 3.60. The molecule has 0 radical (unpaired) electrons. The van der Waals surface area contributed by atoms with Gasteiger partial charge in [-0.05, 0) is 0 Å². The first-order valence-electron chi connectivity index (χ1n) is 3.03. The molecule has 0 bridgehead atoms. The quantitative estimate of drug-likeness (QED) is 0.460. The predicted octanol–water partition coefficient (Wildman–Crippen LogP) is -0.243. The van der Waals surface area contributed by atoms with Gasteiger partial charge >= 0.3 is 5.97 Å². The third kappa shape index (κ3) is 5.87. The van der Waals surface area contributed by atoms with E-state index in [4.69, 9.17) is 5.11 Å². The molecule has 64 valence electrons. The fraction of sp³-hybridized carbons (Fsp3) is 0.667. The molecule has 1 N–H and O–H groups in total. The number of ether oxygens (including phenoxy) is 1. The lowest BCUT2D eigenvalue weighted by Gasteiger charge is -2.04. The van der Waals surface area contributed by atoms with Crippen LogP contribution >= 0.6 is 12.6 Å². The fourth-order valence-electron chi connectivity index (χ4n) is 0.549. The maximum absolute atomic E-state index is 10.5. The third-order valence-corrected chi connectivity index (χ3v) is 1.22. The van der Waals surface area contributed by atoms with Crippen molar-refractivity contribution in [3.63, 3.8) is 0 Å². The molecule has 0 aromatic rings. The summed E-state index contributed by atoms with van der Waals surface area (Å²) in [6.45, 7) is 0. The average molecular weight is 178 g/mol. The molecule has 4 nitrogen and oxygen atoms in total. The van der Waals surface area contributed by atoms with Gasteiger partial charge in [-0.1, -0.05) is 0 Å². The van der Waals surface area contributed by atoms with Crippen molar-refractivity contribution in [3.05, 3.63) is 0 Å². The van der Waals surface area contributed by atoms with E-state index in [2.05, 4.69) is 17.4 Å². The minimum Gasteiger partial charge on any atom is -0.469 e. The van der Waals surface area contributed by atoms with Crippen molar-refractivity contribution in [1.82, 2.24) is 0 Å². The summed E-state index contributed by atoms with van der Waals surface area (Å²) in [7, 11) is 1.22. The normalized spacial score (nSPS) is 12.3. The predicted molar refractivity (Wildman–Crippen MR) is 41.2 cm³/mol. The van der Waals surface area contributed by atoms with Gasteiger partial charge in [-0.15, -0.1) is 12.6 Å². The van der Waals surface area contributed by atoms with Gasteiger partial charge in [0.05, 0.1) is 19.6 Å². The summed E-state index contributed by atoms with van der Waals surface area (Å²) in [6.07, 6.45) is -1.27. The number of rotatable bonds is 4. The van der Waals surface area contributed by atoms with Gasteiger partial charge in [0.2, 0.25) is 0 Å². The minimum atomic E-state index is -0.979. The Labute approximate surface area is 69.9 Å². The molecule has 1 unspecified atom stereocenters. The second kappa shape index (κ2) is 5.15. The molecular weight excluding hydrogens is 168 g/mol. The molecule has 0 rings (SSSR count). The van der Waals surface area contributed by atoms with Crippen molar-refractivity contribution < 1.29 is 19.4 Å². The van der Waals surface area contributed by atoms with Crippen molar-refractivity contribution in [3.8, 4) is 0 Å². The molecule has 0 saturated heterocycles. The van der Waals surface area contributed by atoms with Crippen molar-refractivity contribution in [2.75, 3.05) is 7.11 Å². The van der Waals surface area contributed by atoms with Crippen molar-refractivity contribution in [2.24, 2.45) is 0 Å². The topological polar surface area (TPSA) is 63.6 Å². The molecule has 5 heteroatoms. The molecule has 0 spiro atoms. The zero-order valence-electron chi connectivity index (χ0n) is 6.11. The molecule has 0 heterocycles. The Morgan fingerprint density at radius 3 is 2.45 bits per heavy atom. The van der Waals surface area contributed by atoms with Gasteiger partial charge in [-0.25, -0.2) is 0 Å². The number of thiol groups is 1. The van der Waals surface area contributed by atoms with Crippen LogP contribution in [0.5, 0.6) is 0 Å². The highest BCUT2D eigenvalue weighted by molar-refractivity contribution is 7.96. The minimum absolute atomic E-state index is 0.127. The number of methoxy groups -OCH3 is 1. The zero-order valence-corrected chi connectivity index (χ0v) is 7.01. The van der Waals surface area contributed by atoms with Gasteiger partial charge in [0, 0.05) is 6.42 Å². The van der Waals surface area contributed by atoms with Gasteiger partial charge in [0.1, 0.15) is 0 Å².